The van der Waals surface area contributed by atoms with Crippen LogP contribution in [0.2, 0.25) is 0 Å². The van der Waals surface area contributed by atoms with Crippen molar-refractivity contribution in [3.05, 3.63) is 111 Å². The van der Waals surface area contributed by atoms with Crippen LogP contribution in [0.15, 0.2) is 79.0 Å². The number of β-amino-alcohol motifs (C(OH)–C–C–N with tert-alkyl or cyclic N) is 1. The van der Waals surface area contributed by atoms with Crippen molar-refractivity contribution in [3.63, 3.8) is 0 Å². The second kappa shape index (κ2) is 12.7. The van der Waals surface area contributed by atoms with Crippen molar-refractivity contribution in [2.24, 2.45) is 0 Å². The zero-order valence-electron chi connectivity index (χ0n) is 24.1. The summed E-state index contributed by atoms with van der Waals surface area (Å²) in [5.41, 5.74) is -1.89. The minimum Gasteiger partial charge on any atom is -0.481 e. The summed E-state index contributed by atoms with van der Waals surface area (Å²) in [4.78, 5) is 37.7. The summed E-state index contributed by atoms with van der Waals surface area (Å²) in [5, 5.41) is 31.8. The molecule has 1 amide bonds. The molecule has 10 nitrogen and oxygen atoms in total. The number of piperazine rings is 1. The van der Waals surface area contributed by atoms with Gasteiger partial charge in [-0.3, -0.25) is 24.6 Å². The molecule has 2 heterocycles. The molecule has 1 aliphatic heterocycles. The molecule has 1 aromatic heterocycles. The monoisotopic (exact) mass is 624 g/mol. The molecule has 4 aromatic rings. The number of nitro benzene ring substituents is 1. The molecular formula is C32H31F3N4O6. The second-order valence-electron chi connectivity index (χ2n) is 11.1. The number of aryl methyl sites for hydroxylation is 1. The number of carboxylic acid groups (broad SMARTS) is 1. The first kappa shape index (κ1) is 31.7. The molecule has 45 heavy (non-hydrogen) atoms. The Balaban J connectivity index is 1.37. The smallest absolute Gasteiger partial charge is 0.422 e. The first-order chi connectivity index (χ1) is 21.4. The Morgan fingerprint density at radius 1 is 0.911 bits per heavy atom. The lowest BCUT2D eigenvalue weighted by molar-refractivity contribution is -0.384. The maximum Gasteiger partial charge on any atom is 0.422 e. The van der Waals surface area contributed by atoms with Gasteiger partial charge in [0.25, 0.3) is 11.6 Å². The molecule has 1 aliphatic rings. The normalized spacial score (nSPS) is 15.6. The number of non-ortho nitro benzene ring substituents is 1. The molecule has 236 valence electrons. The van der Waals surface area contributed by atoms with Gasteiger partial charge in [-0.05, 0) is 35.7 Å². The second-order valence-corrected chi connectivity index (χ2v) is 11.1. The number of hydrogen-bond donors (Lipinski definition) is 2. The van der Waals surface area contributed by atoms with Gasteiger partial charge in [0, 0.05) is 80.5 Å². The summed E-state index contributed by atoms with van der Waals surface area (Å²) in [5.74, 6) is -1.22. The average molecular weight is 625 g/mol. The fourth-order valence-electron chi connectivity index (χ4n) is 5.64. The number of aliphatic hydroxyl groups is 1. The third-order valence-electron chi connectivity index (χ3n) is 8.13. The van der Waals surface area contributed by atoms with Gasteiger partial charge in [-0.15, -0.1) is 0 Å². The lowest BCUT2D eigenvalue weighted by atomic mass is 9.91. The molecule has 0 bridgehead atoms. The highest BCUT2D eigenvalue weighted by Gasteiger charge is 2.57. The fraction of sp³-hybridized carbons (Fsp3) is 0.312. The molecule has 1 unspecified atom stereocenters. The van der Waals surface area contributed by atoms with Gasteiger partial charge in [-0.2, -0.15) is 13.2 Å². The Morgan fingerprint density at radius 3 is 2.18 bits per heavy atom. The maximum atomic E-state index is 14.8. The molecular weight excluding hydrogens is 593 g/mol. The van der Waals surface area contributed by atoms with Crippen molar-refractivity contribution in [1.29, 1.82) is 0 Å². The number of carboxylic acids is 1. The summed E-state index contributed by atoms with van der Waals surface area (Å²) >= 11 is 0. The molecule has 0 saturated carbocycles. The number of aromatic nitrogens is 1. The van der Waals surface area contributed by atoms with Gasteiger partial charge in [0.05, 0.1) is 10.4 Å². The van der Waals surface area contributed by atoms with Crippen LogP contribution in [0.5, 0.6) is 0 Å². The van der Waals surface area contributed by atoms with Crippen LogP contribution in [0, 0.1) is 10.1 Å². The van der Waals surface area contributed by atoms with Crippen LogP contribution in [0.3, 0.4) is 0 Å². The first-order valence-electron chi connectivity index (χ1n) is 14.3. The number of hydrogen-bond acceptors (Lipinski definition) is 6. The third-order valence-corrected chi connectivity index (χ3v) is 8.13. The molecule has 0 aliphatic carbocycles. The van der Waals surface area contributed by atoms with Crippen molar-refractivity contribution < 1.29 is 37.9 Å². The lowest BCUT2D eigenvalue weighted by Gasteiger charge is -2.40. The fourth-order valence-corrected chi connectivity index (χ4v) is 5.64. The number of halogens is 3. The number of aliphatic carboxylic acids is 1. The lowest BCUT2D eigenvalue weighted by Crippen LogP contribution is -2.56. The van der Waals surface area contributed by atoms with Gasteiger partial charge in [0.15, 0.2) is 0 Å². The van der Waals surface area contributed by atoms with E-state index in [1.54, 1.807) is 54.6 Å². The Bertz CT molecular complexity index is 1700. The van der Waals surface area contributed by atoms with E-state index in [0.29, 0.717) is 12.0 Å². The van der Waals surface area contributed by atoms with Crippen LogP contribution in [0.25, 0.3) is 10.9 Å². The van der Waals surface area contributed by atoms with E-state index in [9.17, 15) is 38.0 Å². The summed E-state index contributed by atoms with van der Waals surface area (Å²) in [6.07, 6.45) is -3.58. The summed E-state index contributed by atoms with van der Waals surface area (Å²) in [7, 11) is 0. The minimum absolute atomic E-state index is 0.0347. The van der Waals surface area contributed by atoms with Crippen LogP contribution in [-0.4, -0.2) is 80.3 Å². The molecule has 1 saturated heterocycles. The number of rotatable bonds is 10. The molecule has 0 spiro atoms. The number of carbonyl (C=O) groups excluding carboxylic acids is 1. The van der Waals surface area contributed by atoms with E-state index in [1.165, 1.54) is 32.7 Å². The highest BCUT2D eigenvalue weighted by Crippen LogP contribution is 2.44. The average Bonchev–Trinajstić information content (AvgIpc) is 3.38. The van der Waals surface area contributed by atoms with Crippen LogP contribution in [0.4, 0.5) is 18.9 Å². The SMILES string of the molecule is O=C(O)CCc1ccc(C(=O)N2CCN(CC(O)(c3cn(Cc4ccccc4)c4cc([N+](=O)[O-])ccc34)C(F)(F)F)CC2)cc1. The van der Waals surface area contributed by atoms with Crippen molar-refractivity contribution in [2.75, 3.05) is 32.7 Å². The van der Waals surface area contributed by atoms with Crippen molar-refractivity contribution >= 4 is 28.5 Å². The predicted molar refractivity (Wildman–Crippen MR) is 159 cm³/mol. The van der Waals surface area contributed by atoms with Crippen LogP contribution < -0.4 is 0 Å². The van der Waals surface area contributed by atoms with E-state index >= 15 is 0 Å². The highest BCUT2D eigenvalue weighted by molar-refractivity contribution is 5.94. The van der Waals surface area contributed by atoms with E-state index in [-0.39, 0.29) is 61.6 Å². The van der Waals surface area contributed by atoms with Gasteiger partial charge >= 0.3 is 12.1 Å². The molecule has 0 radical (unpaired) electrons. The number of nitro groups is 1. The minimum atomic E-state index is -5.09. The molecule has 2 N–H and O–H groups in total. The van der Waals surface area contributed by atoms with Crippen molar-refractivity contribution in [1.82, 2.24) is 14.4 Å². The number of benzene rings is 3. The van der Waals surface area contributed by atoms with E-state index in [0.717, 1.165) is 17.2 Å². The Kier molecular flexibility index (Phi) is 8.94. The van der Waals surface area contributed by atoms with Crippen LogP contribution in [0.1, 0.15) is 33.5 Å². The predicted octanol–water partition coefficient (Wildman–Crippen LogP) is 4.82. The zero-order valence-corrected chi connectivity index (χ0v) is 24.1. The Morgan fingerprint density at radius 2 is 1.58 bits per heavy atom. The molecule has 1 atom stereocenters. The van der Waals surface area contributed by atoms with Gasteiger partial charge in [-0.25, -0.2) is 0 Å². The number of nitrogens with zero attached hydrogens (tertiary/aromatic N) is 4. The van der Waals surface area contributed by atoms with E-state index < -0.39 is 34.8 Å². The molecule has 1 fully saturated rings. The van der Waals surface area contributed by atoms with Crippen molar-refractivity contribution in [2.45, 2.75) is 31.2 Å². The van der Waals surface area contributed by atoms with Gasteiger partial charge in [-0.1, -0.05) is 42.5 Å². The molecule has 3 aromatic carbocycles. The van der Waals surface area contributed by atoms with Crippen molar-refractivity contribution in [3.8, 4) is 0 Å². The molecule has 5 rings (SSSR count). The maximum absolute atomic E-state index is 14.8. The topological polar surface area (TPSA) is 129 Å². The first-order valence-corrected chi connectivity index (χ1v) is 14.3. The summed E-state index contributed by atoms with van der Waals surface area (Å²) in [6, 6.07) is 19.1. The van der Waals surface area contributed by atoms with Gasteiger partial charge < -0.3 is 19.7 Å². The quantitative estimate of drug-likeness (QED) is 0.191. The van der Waals surface area contributed by atoms with Crippen LogP contribution in [-0.2, 0) is 23.4 Å². The van der Waals surface area contributed by atoms with E-state index in [2.05, 4.69) is 0 Å². The standard InChI is InChI=1S/C32H31F3N4O6/c33-32(34,35)31(43,21-36-14-16-37(17-15-36)30(42)24-9-6-22(7-10-24)8-13-29(40)41)27-20-38(19-23-4-2-1-3-5-23)28-18-25(39(44)45)11-12-26(27)28/h1-7,9-12,18,20,43H,8,13-17,19,21H2,(H,40,41). The van der Waals surface area contributed by atoms with E-state index in [1.807, 2.05) is 0 Å². The number of carbonyl (C=O) groups is 2. The van der Waals surface area contributed by atoms with Gasteiger partial charge in [0.1, 0.15) is 0 Å². The summed E-state index contributed by atoms with van der Waals surface area (Å²) in [6.45, 7) is -0.235. The summed E-state index contributed by atoms with van der Waals surface area (Å²) < 4.78 is 45.8. The highest BCUT2D eigenvalue weighted by atomic mass is 19.4. The number of fused-ring (bicyclic) bond motifs is 1. The number of amides is 1. The largest absolute Gasteiger partial charge is 0.481 e. The Hall–Kier alpha value is -4.75. The Labute approximate surface area is 256 Å². The third kappa shape index (κ3) is 6.84. The molecule has 13 heteroatoms. The van der Waals surface area contributed by atoms with E-state index in [4.69, 9.17) is 5.11 Å². The zero-order chi connectivity index (χ0) is 32.4. The van der Waals surface area contributed by atoms with Gasteiger partial charge in [0.2, 0.25) is 5.60 Å². The number of alkyl halides is 3. The van der Waals surface area contributed by atoms with Crippen LogP contribution >= 0.6 is 0 Å².